The molecule has 3 heterocycles. The predicted octanol–water partition coefficient (Wildman–Crippen LogP) is 2.81. The number of piperidine rings is 2. The molecule has 0 unspecified atom stereocenters. The Hall–Kier alpha value is -2.66. The zero-order valence-electron chi connectivity index (χ0n) is 18.0. The molecular weight excluding hydrogens is 386 g/mol. The van der Waals surface area contributed by atoms with E-state index >= 15 is 0 Å². The Bertz CT molecular complexity index is 877. The summed E-state index contributed by atoms with van der Waals surface area (Å²) in [6, 6.07) is 20.6. The van der Waals surface area contributed by atoms with E-state index in [9.17, 15) is 9.59 Å². The Morgan fingerprint density at radius 2 is 1.65 bits per heavy atom. The number of carbonyl (C=O) groups is 2. The van der Waals surface area contributed by atoms with Crippen molar-refractivity contribution in [2.75, 3.05) is 32.7 Å². The van der Waals surface area contributed by atoms with Crippen LogP contribution in [0.15, 0.2) is 60.7 Å². The highest BCUT2D eigenvalue weighted by Gasteiger charge is 2.47. The first-order valence-corrected chi connectivity index (χ1v) is 11.6. The number of likely N-dealkylation sites (tertiary alicyclic amines) is 2. The molecule has 0 saturated carbocycles. The maximum atomic E-state index is 14.0. The van der Waals surface area contributed by atoms with Crippen LogP contribution >= 0.6 is 0 Å². The fourth-order valence-electron chi connectivity index (χ4n) is 5.83. The minimum atomic E-state index is -0.721. The van der Waals surface area contributed by atoms with Crippen LogP contribution in [0.2, 0.25) is 0 Å². The summed E-state index contributed by atoms with van der Waals surface area (Å²) in [4.78, 5) is 31.0. The van der Waals surface area contributed by atoms with Crippen molar-refractivity contribution in [3.05, 3.63) is 71.8 Å². The Kier molecular flexibility index (Phi) is 5.53. The van der Waals surface area contributed by atoms with Crippen LogP contribution < -0.4 is 5.32 Å². The molecule has 5 heteroatoms. The van der Waals surface area contributed by atoms with Crippen molar-refractivity contribution in [3.63, 3.8) is 0 Å². The molecule has 5 nitrogen and oxygen atoms in total. The first-order chi connectivity index (χ1) is 15.2. The lowest BCUT2D eigenvalue weighted by Gasteiger charge is -2.42. The number of nitrogens with one attached hydrogen (secondary N) is 1. The smallest absolute Gasteiger partial charge is 0.242 e. The number of carbonyl (C=O) groups excluding carboxylic acids is 2. The largest absolute Gasteiger partial charge is 0.339 e. The van der Waals surface area contributed by atoms with Gasteiger partial charge in [0.15, 0.2) is 0 Å². The summed E-state index contributed by atoms with van der Waals surface area (Å²) < 4.78 is 0. The summed E-state index contributed by atoms with van der Waals surface area (Å²) in [5, 5.41) is 3.56. The highest BCUT2D eigenvalue weighted by molar-refractivity contribution is 5.95. The SMILES string of the molecule is O=C(CN1CCCC(c2ccccc2)(c2ccccc2)C1=O)N1C[C@@H]2CCCN[C@@H]2C1. The number of rotatable bonds is 4. The van der Waals surface area contributed by atoms with E-state index in [2.05, 4.69) is 5.32 Å². The Morgan fingerprint density at radius 3 is 2.29 bits per heavy atom. The van der Waals surface area contributed by atoms with Gasteiger partial charge in [0.2, 0.25) is 11.8 Å². The van der Waals surface area contributed by atoms with Gasteiger partial charge in [0.25, 0.3) is 0 Å². The molecule has 3 fully saturated rings. The summed E-state index contributed by atoms with van der Waals surface area (Å²) in [7, 11) is 0. The van der Waals surface area contributed by atoms with Crippen LogP contribution in [0.1, 0.15) is 36.8 Å². The van der Waals surface area contributed by atoms with E-state index in [0.29, 0.717) is 18.5 Å². The summed E-state index contributed by atoms with van der Waals surface area (Å²) in [5.74, 6) is 0.697. The lowest BCUT2D eigenvalue weighted by molar-refractivity contribution is -0.145. The van der Waals surface area contributed by atoms with Crippen LogP contribution in [0.3, 0.4) is 0 Å². The average molecular weight is 418 g/mol. The Morgan fingerprint density at radius 1 is 0.968 bits per heavy atom. The van der Waals surface area contributed by atoms with Crippen molar-refractivity contribution in [2.45, 2.75) is 37.1 Å². The van der Waals surface area contributed by atoms with Crippen molar-refractivity contribution >= 4 is 11.8 Å². The standard InChI is InChI=1S/C26H31N3O2/c30-24(29-17-20-9-7-15-27-23(20)18-29)19-28-16-8-14-26(25(28)31,21-10-3-1-4-11-21)22-12-5-2-6-13-22/h1-6,10-13,20,23,27H,7-9,14-19H2/t20-,23+/m0/s1. The van der Waals surface area contributed by atoms with E-state index in [1.54, 1.807) is 4.90 Å². The highest BCUT2D eigenvalue weighted by Crippen LogP contribution is 2.41. The van der Waals surface area contributed by atoms with E-state index in [1.165, 1.54) is 12.8 Å². The summed E-state index contributed by atoms with van der Waals surface area (Å²) in [6.45, 7) is 3.46. The van der Waals surface area contributed by atoms with Crippen LogP contribution in [-0.2, 0) is 15.0 Å². The van der Waals surface area contributed by atoms with E-state index in [1.807, 2.05) is 65.6 Å². The lowest BCUT2D eigenvalue weighted by atomic mass is 9.68. The van der Waals surface area contributed by atoms with E-state index in [0.717, 1.165) is 43.6 Å². The first kappa shape index (κ1) is 20.3. The van der Waals surface area contributed by atoms with Crippen LogP contribution in [0.25, 0.3) is 0 Å². The summed E-state index contributed by atoms with van der Waals surface area (Å²) in [5.41, 5.74) is 1.31. The Balaban J connectivity index is 1.40. The van der Waals surface area contributed by atoms with Gasteiger partial charge in [0, 0.05) is 25.7 Å². The van der Waals surface area contributed by atoms with Gasteiger partial charge in [0.1, 0.15) is 0 Å². The third kappa shape index (κ3) is 3.65. The first-order valence-electron chi connectivity index (χ1n) is 11.6. The minimum Gasteiger partial charge on any atom is -0.339 e. The molecule has 3 aliphatic rings. The van der Waals surface area contributed by atoms with Crippen LogP contribution in [0.4, 0.5) is 0 Å². The maximum Gasteiger partial charge on any atom is 0.242 e. The molecule has 31 heavy (non-hydrogen) atoms. The quantitative estimate of drug-likeness (QED) is 0.832. The van der Waals surface area contributed by atoms with Crippen molar-refractivity contribution < 1.29 is 9.59 Å². The summed E-state index contributed by atoms with van der Waals surface area (Å²) in [6.07, 6.45) is 4.03. The van der Waals surface area contributed by atoms with Gasteiger partial charge in [-0.15, -0.1) is 0 Å². The molecule has 0 bridgehead atoms. The molecule has 3 aliphatic heterocycles. The van der Waals surface area contributed by atoms with Gasteiger partial charge in [0.05, 0.1) is 12.0 Å². The number of benzene rings is 2. The zero-order valence-corrected chi connectivity index (χ0v) is 18.0. The second-order valence-corrected chi connectivity index (χ2v) is 9.23. The molecule has 162 valence electrons. The molecule has 1 N–H and O–H groups in total. The monoisotopic (exact) mass is 417 g/mol. The second-order valence-electron chi connectivity index (χ2n) is 9.23. The van der Waals surface area contributed by atoms with Gasteiger partial charge in [-0.2, -0.15) is 0 Å². The zero-order chi connectivity index (χ0) is 21.3. The van der Waals surface area contributed by atoms with Gasteiger partial charge in [-0.3, -0.25) is 9.59 Å². The van der Waals surface area contributed by atoms with Crippen LogP contribution in [0.5, 0.6) is 0 Å². The van der Waals surface area contributed by atoms with E-state index in [4.69, 9.17) is 0 Å². The van der Waals surface area contributed by atoms with Crippen LogP contribution in [-0.4, -0.2) is 60.4 Å². The van der Waals surface area contributed by atoms with Crippen molar-refractivity contribution in [2.24, 2.45) is 5.92 Å². The number of hydrogen-bond acceptors (Lipinski definition) is 3. The molecule has 2 amide bonds. The molecule has 0 aromatic heterocycles. The fourth-order valence-corrected chi connectivity index (χ4v) is 5.83. The predicted molar refractivity (Wildman–Crippen MR) is 121 cm³/mol. The van der Waals surface area contributed by atoms with Gasteiger partial charge in [-0.1, -0.05) is 60.7 Å². The van der Waals surface area contributed by atoms with E-state index in [-0.39, 0.29) is 18.4 Å². The molecular formula is C26H31N3O2. The normalized spacial score (nSPS) is 25.4. The average Bonchev–Trinajstić information content (AvgIpc) is 3.26. The number of amides is 2. The van der Waals surface area contributed by atoms with Crippen molar-refractivity contribution in [1.82, 2.24) is 15.1 Å². The maximum absolute atomic E-state index is 14.0. The van der Waals surface area contributed by atoms with Gasteiger partial charge < -0.3 is 15.1 Å². The molecule has 2 atom stereocenters. The van der Waals surface area contributed by atoms with Crippen molar-refractivity contribution in [1.29, 1.82) is 0 Å². The summed E-state index contributed by atoms with van der Waals surface area (Å²) >= 11 is 0. The molecule has 3 saturated heterocycles. The second kappa shape index (κ2) is 8.46. The molecule has 0 aliphatic carbocycles. The highest BCUT2D eigenvalue weighted by atomic mass is 16.2. The molecule has 0 spiro atoms. The van der Waals surface area contributed by atoms with E-state index < -0.39 is 5.41 Å². The fraction of sp³-hybridized carbons (Fsp3) is 0.462. The number of fused-ring (bicyclic) bond motifs is 1. The molecule has 5 rings (SSSR count). The lowest BCUT2D eigenvalue weighted by Crippen LogP contribution is -2.54. The number of nitrogens with zero attached hydrogens (tertiary/aromatic N) is 2. The third-order valence-corrected chi connectivity index (χ3v) is 7.44. The molecule has 0 radical (unpaired) electrons. The van der Waals surface area contributed by atoms with Crippen molar-refractivity contribution in [3.8, 4) is 0 Å². The number of hydrogen-bond donors (Lipinski definition) is 1. The van der Waals surface area contributed by atoms with Gasteiger partial charge in [-0.05, 0) is 49.3 Å². The topological polar surface area (TPSA) is 52.7 Å². The minimum absolute atomic E-state index is 0.0549. The van der Waals surface area contributed by atoms with Gasteiger partial charge >= 0.3 is 0 Å². The third-order valence-electron chi connectivity index (χ3n) is 7.44. The Labute approximate surface area is 184 Å². The molecule has 2 aromatic rings. The van der Waals surface area contributed by atoms with Crippen LogP contribution in [0, 0.1) is 5.92 Å². The van der Waals surface area contributed by atoms with Gasteiger partial charge in [-0.25, -0.2) is 0 Å². The molecule has 2 aromatic carbocycles.